The van der Waals surface area contributed by atoms with Crippen molar-refractivity contribution in [1.82, 2.24) is 9.13 Å². The van der Waals surface area contributed by atoms with E-state index in [0.717, 1.165) is 27.5 Å². The molecule has 0 radical (unpaired) electrons. The molecule has 22 heteroatoms. The number of benzene rings is 1. The van der Waals surface area contributed by atoms with Gasteiger partial charge in [-0.25, -0.2) is 4.79 Å². The van der Waals surface area contributed by atoms with Gasteiger partial charge in [-0.2, -0.15) is 0 Å². The monoisotopic (exact) mass is 647 g/mol. The van der Waals surface area contributed by atoms with E-state index in [1.807, 2.05) is 0 Å². The first-order valence-corrected chi connectivity index (χ1v) is 16.3. The number of nitrogens with zero attached hydrogens (tertiary/aromatic N) is 3. The summed E-state index contributed by atoms with van der Waals surface area (Å²) in [6, 6.07) is 3.14. The number of ether oxygens (including phenoxy) is 1. The van der Waals surface area contributed by atoms with Gasteiger partial charge in [0, 0.05) is 19.3 Å². The van der Waals surface area contributed by atoms with Gasteiger partial charge in [0.05, 0.1) is 6.61 Å². The van der Waals surface area contributed by atoms with Gasteiger partial charge in [0.2, 0.25) is 0 Å². The van der Waals surface area contributed by atoms with Gasteiger partial charge in [0.25, 0.3) is 0 Å². The molecule has 3 rings (SSSR count). The fourth-order valence-corrected chi connectivity index (χ4v) is 6.67. The molecule has 0 bridgehead atoms. The maximum Gasteiger partial charge on any atom is 0.340 e. The number of aliphatic hydroxyl groups excluding tert-OH is 2. The molecule has 1 aromatic carbocycles. The average Bonchev–Trinajstić information content (AvgIpc) is 3.06. The first-order valence-electron chi connectivity index (χ1n) is 10.8. The lowest BCUT2D eigenvalue weighted by molar-refractivity contribution is -0.0530. The third kappa shape index (κ3) is 8.22. The zero-order valence-electron chi connectivity index (χ0n) is 20.1. The second kappa shape index (κ2) is 10.3. The highest BCUT2D eigenvalue weighted by molar-refractivity contribution is 8.45. The molecule has 1 saturated heterocycles. The van der Waals surface area contributed by atoms with Crippen LogP contribution in [-0.4, -0.2) is 64.8 Å². The van der Waals surface area contributed by atoms with Gasteiger partial charge in [-0.05, 0) is 17.7 Å². The Kier molecular flexibility index (Phi) is 8.35. The average molecular weight is 647 g/mol. The summed E-state index contributed by atoms with van der Waals surface area (Å²) in [6.07, 6.45) is -5.43. The van der Waals surface area contributed by atoms with Gasteiger partial charge < -0.3 is 39.0 Å². The fraction of sp³-hybridized carbons (Fsp3) is 0.444. The molecule has 1 unspecified atom stereocenters. The Morgan fingerprint density at radius 2 is 1.62 bits per heavy atom. The maximum atomic E-state index is 12.8. The zero-order chi connectivity index (χ0) is 30.4. The van der Waals surface area contributed by atoms with Gasteiger partial charge >= 0.3 is 31.1 Å². The molecule has 0 amide bonds. The first kappa shape index (κ1) is 32.4. The topological polar surface area (TPSA) is 202 Å². The molecule has 5 N–H and O–H groups in total. The van der Waals surface area contributed by atoms with Crippen molar-refractivity contribution >= 4 is 25.4 Å². The normalized spacial score (nSPS) is 25.7. The fourth-order valence-electron chi connectivity index (χ4n) is 3.46. The van der Waals surface area contributed by atoms with Crippen LogP contribution in [0.5, 0.6) is 0 Å². The summed E-state index contributed by atoms with van der Waals surface area (Å²) in [6.45, 7) is -1.31. The quantitative estimate of drug-likeness (QED) is 0.143. The molecular weight excluding hydrogens is 623 g/mol. The molecule has 1 aliphatic heterocycles. The van der Waals surface area contributed by atoms with Gasteiger partial charge in [-0.1, -0.05) is 36.7 Å². The van der Waals surface area contributed by atoms with E-state index in [-0.39, 0.29) is 23.2 Å². The van der Waals surface area contributed by atoms with Crippen LogP contribution in [0.2, 0.25) is 0 Å². The highest BCUT2D eigenvalue weighted by Crippen LogP contribution is 3.02. The number of hydrogen-bond acceptors (Lipinski definition) is 9. The predicted octanol–water partition coefficient (Wildman–Crippen LogP) is 1.83. The molecule has 0 saturated carbocycles. The Morgan fingerprint density at radius 3 is 2.17 bits per heavy atom. The van der Waals surface area contributed by atoms with E-state index in [0.29, 0.717) is 0 Å². The highest BCUT2D eigenvalue weighted by Gasteiger charge is 2.65. The third-order valence-corrected chi connectivity index (χ3v) is 10.0. The number of rotatable bonds is 10. The van der Waals surface area contributed by atoms with Crippen molar-refractivity contribution in [3.05, 3.63) is 58.1 Å². The van der Waals surface area contributed by atoms with Gasteiger partial charge in [-0.15, -0.1) is 0 Å². The van der Waals surface area contributed by atoms with Crippen LogP contribution < -0.4 is 11.2 Å². The Balaban J connectivity index is 1.70. The van der Waals surface area contributed by atoms with Crippen LogP contribution in [0.25, 0.3) is 0 Å². The summed E-state index contributed by atoms with van der Waals surface area (Å²) < 4.78 is 98.5. The van der Waals surface area contributed by atoms with Crippen molar-refractivity contribution in [3.8, 4) is 0 Å². The van der Waals surface area contributed by atoms with Crippen molar-refractivity contribution in [1.29, 1.82) is 0 Å². The number of aromatic nitrogens is 2. The van der Waals surface area contributed by atoms with Crippen LogP contribution in [-0.2, 0) is 36.9 Å². The lowest BCUT2D eigenvalue weighted by Crippen LogP contribution is -2.42. The van der Waals surface area contributed by atoms with Crippen molar-refractivity contribution in [3.63, 3.8) is 0 Å². The minimum absolute atomic E-state index is 0.0586. The van der Waals surface area contributed by atoms with Crippen LogP contribution in [0.15, 0.2) is 51.4 Å². The Morgan fingerprint density at radius 1 is 1.02 bits per heavy atom. The van der Waals surface area contributed by atoms with Gasteiger partial charge in [0.15, 0.2) is 17.6 Å². The SMILES string of the molecule is Cn1c(=O)n([C@@H]2O[C@H](COP(=O)(O)CP(=O)(O)O)[C@@H](O)[C@H]2O)cc/c1=N/OCc1ccc(S(F)(F)(F)(F)F)cc1. The van der Waals surface area contributed by atoms with E-state index in [2.05, 4.69) is 9.68 Å². The van der Waals surface area contributed by atoms with Crippen molar-refractivity contribution < 1.29 is 67.6 Å². The first-order chi connectivity index (χ1) is 18.0. The molecule has 228 valence electrons. The summed E-state index contributed by atoms with van der Waals surface area (Å²) in [7, 11) is -18.3. The minimum Gasteiger partial charge on any atom is -0.389 e. The van der Waals surface area contributed by atoms with Crippen molar-refractivity contribution in [2.24, 2.45) is 12.2 Å². The molecule has 5 atom stereocenters. The largest absolute Gasteiger partial charge is 0.389 e. The van der Waals surface area contributed by atoms with Crippen LogP contribution in [0.1, 0.15) is 11.8 Å². The van der Waals surface area contributed by atoms with Crippen LogP contribution >= 0.6 is 25.4 Å². The van der Waals surface area contributed by atoms with E-state index < -0.39 is 79.7 Å². The second-order valence-electron chi connectivity index (χ2n) is 8.69. The maximum absolute atomic E-state index is 12.8. The summed E-state index contributed by atoms with van der Waals surface area (Å²) in [5.74, 6) is -1.49. The summed E-state index contributed by atoms with van der Waals surface area (Å²) >= 11 is 0. The molecule has 40 heavy (non-hydrogen) atoms. The third-order valence-electron chi connectivity index (χ3n) is 5.41. The Hall–Kier alpha value is -2.12. The van der Waals surface area contributed by atoms with Crippen LogP contribution in [0.3, 0.4) is 0 Å². The molecule has 0 spiro atoms. The summed E-state index contributed by atoms with van der Waals surface area (Å²) in [5.41, 5.74) is -0.947. The molecule has 2 heterocycles. The van der Waals surface area contributed by atoms with E-state index in [9.17, 15) is 48.5 Å². The van der Waals surface area contributed by atoms with Gasteiger partial charge in [-0.3, -0.25) is 18.3 Å². The number of aliphatic hydroxyl groups is 2. The predicted molar refractivity (Wildman–Crippen MR) is 126 cm³/mol. The summed E-state index contributed by atoms with van der Waals surface area (Å²) in [4.78, 5) is 42.9. The molecule has 0 aliphatic carbocycles. The van der Waals surface area contributed by atoms with Crippen LogP contribution in [0, 0.1) is 0 Å². The lowest BCUT2D eigenvalue weighted by atomic mass is 10.1. The summed E-state index contributed by atoms with van der Waals surface area (Å²) in [5, 5.41) is 24.2. The van der Waals surface area contributed by atoms with Crippen molar-refractivity contribution in [2.45, 2.75) is 36.0 Å². The van der Waals surface area contributed by atoms with E-state index in [4.69, 9.17) is 19.4 Å². The molecule has 1 fully saturated rings. The highest BCUT2D eigenvalue weighted by atomic mass is 32.5. The molecule has 14 nitrogen and oxygen atoms in total. The van der Waals surface area contributed by atoms with Crippen LogP contribution in [0.4, 0.5) is 19.4 Å². The standard InChI is InChI=1S/C18H24F5N3O11P2S/c1-25-14(24-35-8-11-2-4-12(5-3-11)40(19,20,21,22)23)6-7-26(18(25)29)17-16(28)15(27)13(37-17)9-36-39(33,34)10-38(30,31)32/h2-7,13,15-17,27-28H,8-10H2,1H3,(H,33,34)(H2,30,31,32)/b24-14-/t13-,15-,16-,17-/m1/s1. The van der Waals surface area contributed by atoms with Crippen molar-refractivity contribution in [2.75, 3.05) is 12.5 Å². The van der Waals surface area contributed by atoms with E-state index in [1.165, 1.54) is 13.1 Å². The molecule has 2 aromatic rings. The Bertz CT molecular complexity index is 1480. The lowest BCUT2D eigenvalue weighted by Gasteiger charge is -2.40. The number of halogens is 5. The molecule has 1 aliphatic rings. The Labute approximate surface area is 221 Å². The molecular formula is C18H24F5N3O11P2S. The second-order valence-corrected chi connectivity index (χ2v) is 15.1. The smallest absolute Gasteiger partial charge is 0.340 e. The van der Waals surface area contributed by atoms with E-state index >= 15 is 0 Å². The number of hydrogen-bond donors (Lipinski definition) is 5. The molecule has 1 aromatic heterocycles. The van der Waals surface area contributed by atoms with Gasteiger partial charge in [0.1, 0.15) is 29.8 Å². The van der Waals surface area contributed by atoms with E-state index in [1.54, 1.807) is 0 Å². The zero-order valence-corrected chi connectivity index (χ0v) is 22.7. The minimum atomic E-state index is -9.82.